The highest BCUT2D eigenvalue weighted by atomic mass is 19.1. The highest BCUT2D eigenvalue weighted by Crippen LogP contribution is 2.11. The van der Waals surface area contributed by atoms with Gasteiger partial charge < -0.3 is 15.8 Å². The average Bonchev–Trinajstić information content (AvgIpc) is 2.44. The molecule has 0 aliphatic heterocycles. The third-order valence-corrected chi connectivity index (χ3v) is 2.43. The first-order valence-corrected chi connectivity index (χ1v) is 6.30. The first kappa shape index (κ1) is 14.0. The van der Waals surface area contributed by atoms with Crippen molar-refractivity contribution >= 4 is 11.9 Å². The molecule has 0 bridgehead atoms. The largest absolute Gasteiger partial charge is 0.463 e. The van der Waals surface area contributed by atoms with Gasteiger partial charge in [0.15, 0.2) is 0 Å². The van der Waals surface area contributed by atoms with E-state index in [4.69, 9.17) is 10.5 Å². The van der Waals surface area contributed by atoms with Gasteiger partial charge in [-0.3, -0.25) is 0 Å². The zero-order valence-corrected chi connectivity index (χ0v) is 11.1. The predicted octanol–water partition coefficient (Wildman–Crippen LogP) is 1.99. The van der Waals surface area contributed by atoms with Gasteiger partial charge in [-0.05, 0) is 24.1 Å². The molecule has 0 unspecified atom stereocenters. The second-order valence-electron chi connectivity index (χ2n) is 4.13. The molecule has 2 aromatic rings. The van der Waals surface area contributed by atoms with E-state index < -0.39 is 0 Å². The number of ether oxygens (including phenoxy) is 1. The second-order valence-corrected chi connectivity index (χ2v) is 4.13. The van der Waals surface area contributed by atoms with Crippen molar-refractivity contribution in [3.63, 3.8) is 0 Å². The van der Waals surface area contributed by atoms with E-state index in [9.17, 15) is 4.39 Å². The lowest BCUT2D eigenvalue weighted by Gasteiger charge is -2.07. The summed E-state index contributed by atoms with van der Waals surface area (Å²) in [6.07, 6.45) is 0.851. The molecule has 3 N–H and O–H groups in total. The summed E-state index contributed by atoms with van der Waals surface area (Å²) < 4.78 is 18.1. The summed E-state index contributed by atoms with van der Waals surface area (Å²) in [5, 5.41) is 2.99. The first-order valence-electron chi connectivity index (χ1n) is 6.30. The Bertz CT molecular complexity index is 561. The normalized spacial score (nSPS) is 10.3. The molecule has 0 atom stereocenters. The monoisotopic (exact) mass is 277 g/mol. The average molecular weight is 277 g/mol. The third kappa shape index (κ3) is 4.04. The molecule has 1 aromatic carbocycles. The van der Waals surface area contributed by atoms with Crippen LogP contribution in [0.4, 0.5) is 16.3 Å². The number of halogens is 1. The Morgan fingerprint density at radius 1 is 1.20 bits per heavy atom. The SMILES string of the molecule is CCCOc1nc(N)nc(NCc2ccc(F)cc2)n1. The summed E-state index contributed by atoms with van der Waals surface area (Å²) >= 11 is 0. The Morgan fingerprint density at radius 2 is 1.95 bits per heavy atom. The van der Waals surface area contributed by atoms with Crippen LogP contribution in [0.5, 0.6) is 6.01 Å². The molecule has 0 aliphatic rings. The number of rotatable bonds is 6. The Balaban J connectivity index is 2.01. The maximum atomic E-state index is 12.8. The molecule has 0 fully saturated rings. The highest BCUT2D eigenvalue weighted by Gasteiger charge is 2.05. The fourth-order valence-electron chi connectivity index (χ4n) is 1.49. The number of nitrogens with two attached hydrogens (primary N) is 1. The quantitative estimate of drug-likeness (QED) is 0.839. The van der Waals surface area contributed by atoms with Crippen LogP contribution in [-0.4, -0.2) is 21.6 Å². The molecular formula is C13H16FN5O. The molecule has 2 rings (SSSR count). The van der Waals surface area contributed by atoms with Gasteiger partial charge in [-0.2, -0.15) is 15.0 Å². The van der Waals surface area contributed by atoms with Crippen molar-refractivity contribution in [2.24, 2.45) is 0 Å². The molecule has 0 radical (unpaired) electrons. The van der Waals surface area contributed by atoms with Crippen LogP contribution in [-0.2, 0) is 6.54 Å². The molecular weight excluding hydrogens is 261 g/mol. The van der Waals surface area contributed by atoms with Gasteiger partial charge in [-0.25, -0.2) is 4.39 Å². The van der Waals surface area contributed by atoms with Gasteiger partial charge in [0.05, 0.1) is 6.61 Å². The Morgan fingerprint density at radius 3 is 2.65 bits per heavy atom. The van der Waals surface area contributed by atoms with Crippen LogP contribution in [0, 0.1) is 5.82 Å². The minimum atomic E-state index is -0.270. The molecule has 0 amide bonds. The third-order valence-electron chi connectivity index (χ3n) is 2.43. The number of anilines is 2. The number of hydrogen-bond donors (Lipinski definition) is 2. The van der Waals surface area contributed by atoms with E-state index in [1.807, 2.05) is 6.92 Å². The van der Waals surface area contributed by atoms with Crippen molar-refractivity contribution in [1.82, 2.24) is 15.0 Å². The van der Waals surface area contributed by atoms with Crippen LogP contribution >= 0.6 is 0 Å². The van der Waals surface area contributed by atoms with Crippen molar-refractivity contribution in [1.29, 1.82) is 0 Å². The van der Waals surface area contributed by atoms with Crippen LogP contribution in [0.25, 0.3) is 0 Å². The maximum absolute atomic E-state index is 12.8. The summed E-state index contributed by atoms with van der Waals surface area (Å²) in [5.74, 6) is 0.147. The van der Waals surface area contributed by atoms with Crippen LogP contribution < -0.4 is 15.8 Å². The van der Waals surface area contributed by atoms with Crippen molar-refractivity contribution in [3.8, 4) is 6.01 Å². The van der Waals surface area contributed by atoms with Gasteiger partial charge in [0.25, 0.3) is 0 Å². The standard InChI is InChI=1S/C13H16FN5O/c1-2-7-20-13-18-11(15)17-12(19-13)16-8-9-3-5-10(14)6-4-9/h3-6H,2,7-8H2,1H3,(H3,15,16,17,18,19). The molecule has 0 spiro atoms. The highest BCUT2D eigenvalue weighted by molar-refractivity contribution is 5.33. The summed E-state index contributed by atoms with van der Waals surface area (Å²) in [6, 6.07) is 6.35. The summed E-state index contributed by atoms with van der Waals surface area (Å²) in [5.41, 5.74) is 6.49. The lowest BCUT2D eigenvalue weighted by Crippen LogP contribution is -2.09. The molecule has 0 saturated carbocycles. The Kier molecular flexibility index (Phi) is 4.65. The molecule has 0 saturated heterocycles. The summed E-state index contributed by atoms with van der Waals surface area (Å²) in [4.78, 5) is 11.9. The van der Waals surface area contributed by atoms with Gasteiger partial charge in [0.1, 0.15) is 5.82 Å². The molecule has 1 aromatic heterocycles. The van der Waals surface area contributed by atoms with Crippen LogP contribution in [0.3, 0.4) is 0 Å². The molecule has 0 aliphatic carbocycles. The van der Waals surface area contributed by atoms with E-state index in [2.05, 4.69) is 20.3 Å². The van der Waals surface area contributed by atoms with E-state index in [-0.39, 0.29) is 17.8 Å². The smallest absolute Gasteiger partial charge is 0.323 e. The molecule has 1 heterocycles. The molecule has 7 heteroatoms. The van der Waals surface area contributed by atoms with E-state index in [0.717, 1.165) is 12.0 Å². The second kappa shape index (κ2) is 6.65. The van der Waals surface area contributed by atoms with E-state index in [1.54, 1.807) is 12.1 Å². The van der Waals surface area contributed by atoms with Crippen LogP contribution in [0.2, 0.25) is 0 Å². The van der Waals surface area contributed by atoms with Crippen LogP contribution in [0.1, 0.15) is 18.9 Å². The van der Waals surface area contributed by atoms with Gasteiger partial charge in [-0.15, -0.1) is 0 Å². The number of nitrogens with one attached hydrogen (secondary N) is 1. The van der Waals surface area contributed by atoms with Crippen molar-refractivity contribution in [2.75, 3.05) is 17.7 Å². The van der Waals surface area contributed by atoms with E-state index in [1.165, 1.54) is 12.1 Å². The van der Waals surface area contributed by atoms with Gasteiger partial charge in [-0.1, -0.05) is 19.1 Å². The Labute approximate surface area is 116 Å². The van der Waals surface area contributed by atoms with E-state index in [0.29, 0.717) is 19.1 Å². The zero-order chi connectivity index (χ0) is 14.4. The maximum Gasteiger partial charge on any atom is 0.323 e. The number of nitrogen functional groups attached to an aromatic ring is 1. The first-order chi connectivity index (χ1) is 9.67. The van der Waals surface area contributed by atoms with Crippen molar-refractivity contribution in [2.45, 2.75) is 19.9 Å². The lowest BCUT2D eigenvalue weighted by atomic mass is 10.2. The van der Waals surface area contributed by atoms with Crippen molar-refractivity contribution in [3.05, 3.63) is 35.6 Å². The molecule has 20 heavy (non-hydrogen) atoms. The number of aromatic nitrogens is 3. The topological polar surface area (TPSA) is 86.0 Å². The fraction of sp³-hybridized carbons (Fsp3) is 0.308. The number of hydrogen-bond acceptors (Lipinski definition) is 6. The summed E-state index contributed by atoms with van der Waals surface area (Å²) in [6.45, 7) is 2.95. The van der Waals surface area contributed by atoms with Gasteiger partial charge in [0.2, 0.25) is 11.9 Å². The number of benzene rings is 1. The molecule has 6 nitrogen and oxygen atoms in total. The zero-order valence-electron chi connectivity index (χ0n) is 11.1. The molecule has 106 valence electrons. The van der Waals surface area contributed by atoms with Gasteiger partial charge >= 0.3 is 6.01 Å². The minimum absolute atomic E-state index is 0.0905. The Hall–Kier alpha value is -2.44. The minimum Gasteiger partial charge on any atom is -0.463 e. The number of nitrogens with zero attached hydrogens (tertiary/aromatic N) is 3. The summed E-state index contributed by atoms with van der Waals surface area (Å²) in [7, 11) is 0. The predicted molar refractivity (Wildman–Crippen MR) is 73.8 cm³/mol. The van der Waals surface area contributed by atoms with E-state index >= 15 is 0 Å². The fourth-order valence-corrected chi connectivity index (χ4v) is 1.49. The van der Waals surface area contributed by atoms with Crippen LogP contribution in [0.15, 0.2) is 24.3 Å². The van der Waals surface area contributed by atoms with Crippen molar-refractivity contribution < 1.29 is 9.13 Å². The van der Waals surface area contributed by atoms with Gasteiger partial charge in [0, 0.05) is 6.54 Å². The lowest BCUT2D eigenvalue weighted by molar-refractivity contribution is 0.292.